The molecule has 4 aromatic rings. The predicted molar refractivity (Wildman–Crippen MR) is 117 cm³/mol. The van der Waals surface area contributed by atoms with Crippen molar-refractivity contribution in [2.24, 2.45) is 7.05 Å². The maximum atomic E-state index is 12.7. The molecule has 170 valence electrons. The molecule has 1 N–H and O–H groups in total. The summed E-state index contributed by atoms with van der Waals surface area (Å²) in [4.78, 5) is 16.5. The van der Waals surface area contributed by atoms with Crippen molar-refractivity contribution >= 4 is 10.9 Å². The van der Waals surface area contributed by atoms with Crippen LogP contribution >= 0.6 is 0 Å². The molecule has 9 heteroatoms. The van der Waals surface area contributed by atoms with E-state index in [2.05, 4.69) is 14.9 Å². The third-order valence-electron chi connectivity index (χ3n) is 5.97. The van der Waals surface area contributed by atoms with Gasteiger partial charge in [0.1, 0.15) is 12.4 Å². The summed E-state index contributed by atoms with van der Waals surface area (Å²) in [6, 6.07) is 11.2. The van der Waals surface area contributed by atoms with Crippen molar-refractivity contribution in [3.05, 3.63) is 87.7 Å². The molecule has 6 nitrogen and oxygen atoms in total. The lowest BCUT2D eigenvalue weighted by atomic mass is 10.1. The van der Waals surface area contributed by atoms with Gasteiger partial charge in [-0.15, -0.1) is 0 Å². The smallest absolute Gasteiger partial charge is 0.417 e. The maximum Gasteiger partial charge on any atom is 0.417 e. The van der Waals surface area contributed by atoms with E-state index >= 15 is 0 Å². The Morgan fingerprint density at radius 2 is 2.00 bits per heavy atom. The molecule has 0 saturated heterocycles. The first kappa shape index (κ1) is 21.3. The van der Waals surface area contributed by atoms with Crippen molar-refractivity contribution in [3.8, 4) is 11.4 Å². The number of aromatic nitrogens is 3. The normalized spacial score (nSPS) is 13.8. The number of alkyl halides is 3. The van der Waals surface area contributed by atoms with Crippen LogP contribution in [0.5, 0.6) is 5.75 Å². The third-order valence-corrected chi connectivity index (χ3v) is 5.97. The van der Waals surface area contributed by atoms with E-state index in [1.54, 1.807) is 12.3 Å². The van der Waals surface area contributed by atoms with Crippen LogP contribution in [0.4, 0.5) is 13.2 Å². The maximum absolute atomic E-state index is 12.7. The topological polar surface area (TPSA) is 61.1 Å². The number of hydrogen-bond acceptors (Lipinski definition) is 4. The molecule has 0 bridgehead atoms. The number of rotatable bonds is 4. The second kappa shape index (κ2) is 8.08. The minimum absolute atomic E-state index is 0.0451. The van der Waals surface area contributed by atoms with Gasteiger partial charge in [0.15, 0.2) is 0 Å². The molecule has 0 atom stereocenters. The van der Waals surface area contributed by atoms with Crippen LogP contribution in [0.2, 0.25) is 0 Å². The Bertz CT molecular complexity index is 1390. The molecular weight excluding hydrogens is 433 g/mol. The predicted octanol–water partition coefficient (Wildman–Crippen LogP) is 3.97. The van der Waals surface area contributed by atoms with Gasteiger partial charge in [-0.2, -0.15) is 13.2 Å². The van der Waals surface area contributed by atoms with Gasteiger partial charge in [0.2, 0.25) is 0 Å². The van der Waals surface area contributed by atoms with Crippen molar-refractivity contribution in [1.82, 2.24) is 19.4 Å². The average Bonchev–Trinajstić information content (AvgIpc) is 3.09. The quantitative estimate of drug-likeness (QED) is 0.507. The molecule has 1 aromatic carbocycles. The van der Waals surface area contributed by atoms with E-state index in [-0.39, 0.29) is 12.2 Å². The van der Waals surface area contributed by atoms with Gasteiger partial charge in [0, 0.05) is 56.1 Å². The SMILES string of the molecule is Cn1c2c(c3ccc(-n4ccc(OCc5ccc(C(F)(F)F)cn5)cc4=O)cc31)CNCC2. The Morgan fingerprint density at radius 1 is 1.15 bits per heavy atom. The lowest BCUT2D eigenvalue weighted by molar-refractivity contribution is -0.137. The first-order valence-electron chi connectivity index (χ1n) is 10.5. The van der Waals surface area contributed by atoms with Gasteiger partial charge in [-0.1, -0.05) is 6.07 Å². The Labute approximate surface area is 187 Å². The summed E-state index contributed by atoms with van der Waals surface area (Å²) in [6.07, 6.45) is -1.07. The molecule has 1 aliphatic heterocycles. The van der Waals surface area contributed by atoms with Crippen LogP contribution in [-0.2, 0) is 32.8 Å². The highest BCUT2D eigenvalue weighted by atomic mass is 19.4. The molecule has 33 heavy (non-hydrogen) atoms. The van der Waals surface area contributed by atoms with Gasteiger partial charge in [-0.25, -0.2) is 0 Å². The number of aryl methyl sites for hydroxylation is 1. The fraction of sp³-hybridized carbons (Fsp3) is 0.250. The molecule has 3 aromatic heterocycles. The van der Waals surface area contributed by atoms with Gasteiger partial charge in [-0.05, 0) is 35.9 Å². The summed E-state index contributed by atoms with van der Waals surface area (Å²) in [6.45, 7) is 1.75. The summed E-state index contributed by atoms with van der Waals surface area (Å²) in [7, 11) is 2.05. The lowest BCUT2D eigenvalue weighted by Gasteiger charge is -2.14. The first-order valence-corrected chi connectivity index (χ1v) is 10.5. The number of hydrogen-bond donors (Lipinski definition) is 1. The van der Waals surface area contributed by atoms with E-state index in [9.17, 15) is 18.0 Å². The highest BCUT2D eigenvalue weighted by Crippen LogP contribution is 2.30. The summed E-state index contributed by atoms with van der Waals surface area (Å²) >= 11 is 0. The zero-order chi connectivity index (χ0) is 23.2. The Kier molecular flexibility index (Phi) is 5.20. The number of fused-ring (bicyclic) bond motifs is 3. The van der Waals surface area contributed by atoms with Crippen LogP contribution in [0.3, 0.4) is 0 Å². The summed E-state index contributed by atoms with van der Waals surface area (Å²) in [5.74, 6) is 0.319. The highest BCUT2D eigenvalue weighted by Gasteiger charge is 2.30. The van der Waals surface area contributed by atoms with Crippen LogP contribution < -0.4 is 15.6 Å². The molecule has 0 aliphatic carbocycles. The van der Waals surface area contributed by atoms with E-state index in [1.807, 2.05) is 25.2 Å². The summed E-state index contributed by atoms with van der Waals surface area (Å²) < 4.78 is 47.2. The van der Waals surface area contributed by atoms with Crippen molar-refractivity contribution in [2.45, 2.75) is 25.7 Å². The van der Waals surface area contributed by atoms with Crippen LogP contribution in [0, 0.1) is 0 Å². The fourth-order valence-electron chi connectivity index (χ4n) is 4.24. The van der Waals surface area contributed by atoms with Crippen molar-refractivity contribution < 1.29 is 17.9 Å². The van der Waals surface area contributed by atoms with Crippen molar-refractivity contribution in [2.75, 3.05) is 6.54 Å². The van der Waals surface area contributed by atoms with Crippen LogP contribution in [-0.4, -0.2) is 20.7 Å². The van der Waals surface area contributed by atoms with Gasteiger partial charge >= 0.3 is 6.18 Å². The fourth-order valence-corrected chi connectivity index (χ4v) is 4.24. The number of ether oxygens (including phenoxy) is 1. The molecule has 0 spiro atoms. The van der Waals surface area contributed by atoms with E-state index in [4.69, 9.17) is 4.74 Å². The van der Waals surface area contributed by atoms with Gasteiger partial charge in [0.05, 0.1) is 22.5 Å². The number of nitrogens with one attached hydrogen (secondary N) is 1. The van der Waals surface area contributed by atoms with E-state index < -0.39 is 11.7 Å². The molecule has 5 rings (SSSR count). The number of pyridine rings is 2. The standard InChI is InChI=1S/C24H21F3N4O2/c1-30-21-6-8-28-13-20(21)19-5-4-17(10-22(19)30)31-9-7-18(11-23(31)32)33-14-16-3-2-15(12-29-16)24(25,26)27/h2-5,7,9-12,28H,6,8,13-14H2,1H3. The largest absolute Gasteiger partial charge is 0.487 e. The average molecular weight is 454 g/mol. The molecule has 0 unspecified atom stereocenters. The zero-order valence-corrected chi connectivity index (χ0v) is 17.8. The number of halogens is 3. The minimum Gasteiger partial charge on any atom is -0.487 e. The summed E-state index contributed by atoms with van der Waals surface area (Å²) in [5, 5.41) is 4.59. The monoisotopic (exact) mass is 454 g/mol. The molecule has 0 amide bonds. The zero-order valence-electron chi connectivity index (χ0n) is 17.8. The molecule has 4 heterocycles. The molecule has 1 aliphatic rings. The van der Waals surface area contributed by atoms with Crippen LogP contribution in [0.1, 0.15) is 22.5 Å². The van der Waals surface area contributed by atoms with Crippen LogP contribution in [0.25, 0.3) is 16.6 Å². The van der Waals surface area contributed by atoms with E-state index in [0.29, 0.717) is 11.4 Å². The molecular formula is C24H21F3N4O2. The van der Waals surface area contributed by atoms with Gasteiger partial charge < -0.3 is 14.6 Å². The second-order valence-electron chi connectivity index (χ2n) is 8.01. The van der Waals surface area contributed by atoms with Crippen LogP contribution in [0.15, 0.2) is 59.7 Å². The van der Waals surface area contributed by atoms with Crippen molar-refractivity contribution in [3.63, 3.8) is 0 Å². The lowest BCUT2D eigenvalue weighted by Crippen LogP contribution is -2.24. The second-order valence-corrected chi connectivity index (χ2v) is 8.01. The van der Waals surface area contributed by atoms with Gasteiger partial charge in [-0.3, -0.25) is 14.3 Å². The number of benzene rings is 1. The van der Waals surface area contributed by atoms with E-state index in [0.717, 1.165) is 43.0 Å². The van der Waals surface area contributed by atoms with E-state index in [1.165, 1.54) is 33.3 Å². The highest BCUT2D eigenvalue weighted by molar-refractivity contribution is 5.87. The van der Waals surface area contributed by atoms with Gasteiger partial charge in [0.25, 0.3) is 5.56 Å². The Hall–Kier alpha value is -3.59. The summed E-state index contributed by atoms with van der Waals surface area (Å²) in [5.41, 5.74) is 3.68. The molecule has 0 saturated carbocycles. The molecule has 0 radical (unpaired) electrons. The Morgan fingerprint density at radius 3 is 2.73 bits per heavy atom. The minimum atomic E-state index is -4.43. The van der Waals surface area contributed by atoms with Crippen molar-refractivity contribution in [1.29, 1.82) is 0 Å². The number of nitrogens with zero attached hydrogens (tertiary/aromatic N) is 3. The third kappa shape index (κ3) is 4.00. The Balaban J connectivity index is 1.36. The molecule has 0 fully saturated rings. The first-order chi connectivity index (χ1) is 15.8.